The predicted molar refractivity (Wildman–Crippen MR) is 114 cm³/mol. The zero-order valence-electron chi connectivity index (χ0n) is 17.3. The third kappa shape index (κ3) is 4.26. The minimum atomic E-state index is 0.184. The zero-order valence-corrected chi connectivity index (χ0v) is 17.3. The molecule has 148 valence electrons. The Balaban J connectivity index is 1.46. The van der Waals surface area contributed by atoms with E-state index < -0.39 is 0 Å². The monoisotopic (exact) mass is 386 g/mol. The standard InChI is InChI=1S/C23H26N6/c1-16-22(27-28-26-16)18-9-11-24-20(13-18)21-14-29(15-25-21)12-10-17-5-7-19(8-6-17)23(2,3)4/h5-9,11,13-15H,10,12H2,1-4H3,(H,26,27,28). The van der Waals surface area contributed by atoms with Gasteiger partial charge < -0.3 is 4.57 Å². The molecule has 3 heterocycles. The highest BCUT2D eigenvalue weighted by Crippen LogP contribution is 2.24. The number of nitrogens with one attached hydrogen (secondary N) is 1. The second-order valence-electron chi connectivity index (χ2n) is 8.38. The van der Waals surface area contributed by atoms with Crippen molar-refractivity contribution in [3.05, 3.63) is 71.9 Å². The summed E-state index contributed by atoms with van der Waals surface area (Å²) < 4.78 is 2.11. The third-order valence-electron chi connectivity index (χ3n) is 5.13. The highest BCUT2D eigenvalue weighted by molar-refractivity contribution is 5.67. The molecule has 4 rings (SSSR count). The van der Waals surface area contributed by atoms with Crippen molar-refractivity contribution in [3.8, 4) is 22.6 Å². The van der Waals surface area contributed by atoms with Gasteiger partial charge in [0.05, 0.1) is 17.7 Å². The topological polar surface area (TPSA) is 72.3 Å². The number of pyridine rings is 1. The van der Waals surface area contributed by atoms with Gasteiger partial charge in [0.25, 0.3) is 0 Å². The summed E-state index contributed by atoms with van der Waals surface area (Å²) in [6.07, 6.45) is 6.67. The minimum absolute atomic E-state index is 0.184. The van der Waals surface area contributed by atoms with E-state index in [1.165, 1.54) is 11.1 Å². The molecule has 0 unspecified atom stereocenters. The van der Waals surface area contributed by atoms with E-state index in [1.54, 1.807) is 6.20 Å². The molecular weight excluding hydrogens is 360 g/mol. The smallest absolute Gasteiger partial charge is 0.115 e. The van der Waals surface area contributed by atoms with Crippen LogP contribution in [0.1, 0.15) is 37.6 Å². The molecule has 0 aliphatic rings. The Morgan fingerprint density at radius 2 is 1.76 bits per heavy atom. The van der Waals surface area contributed by atoms with E-state index in [4.69, 9.17) is 0 Å². The molecule has 0 fully saturated rings. The fraction of sp³-hybridized carbons (Fsp3) is 0.304. The average Bonchev–Trinajstić information content (AvgIpc) is 3.35. The summed E-state index contributed by atoms with van der Waals surface area (Å²) in [6, 6.07) is 12.9. The van der Waals surface area contributed by atoms with Crippen LogP contribution >= 0.6 is 0 Å². The van der Waals surface area contributed by atoms with E-state index in [0.717, 1.165) is 41.3 Å². The number of rotatable bonds is 5. The Bertz CT molecular complexity index is 1100. The Morgan fingerprint density at radius 1 is 0.966 bits per heavy atom. The van der Waals surface area contributed by atoms with Gasteiger partial charge in [0.2, 0.25) is 0 Å². The van der Waals surface area contributed by atoms with E-state index >= 15 is 0 Å². The Morgan fingerprint density at radius 3 is 2.45 bits per heavy atom. The van der Waals surface area contributed by atoms with Gasteiger partial charge in [-0.2, -0.15) is 15.4 Å². The Labute approximate surface area is 171 Å². The van der Waals surface area contributed by atoms with Crippen LogP contribution in [-0.2, 0) is 18.4 Å². The van der Waals surface area contributed by atoms with Crippen LogP contribution in [0.5, 0.6) is 0 Å². The number of hydrogen-bond acceptors (Lipinski definition) is 4. The van der Waals surface area contributed by atoms with Crippen molar-refractivity contribution in [1.29, 1.82) is 0 Å². The first-order chi connectivity index (χ1) is 13.9. The number of H-pyrrole nitrogens is 1. The Kier molecular flexibility index (Phi) is 5.01. The van der Waals surface area contributed by atoms with Gasteiger partial charge in [-0.15, -0.1) is 0 Å². The van der Waals surface area contributed by atoms with Gasteiger partial charge in [0, 0.05) is 24.5 Å². The van der Waals surface area contributed by atoms with Crippen molar-refractivity contribution in [1.82, 2.24) is 29.9 Å². The molecular formula is C23H26N6. The second kappa shape index (κ2) is 7.62. The predicted octanol–water partition coefficient (Wildman–Crippen LogP) is 4.58. The van der Waals surface area contributed by atoms with Gasteiger partial charge in [0.15, 0.2) is 0 Å². The molecule has 0 radical (unpaired) electrons. The van der Waals surface area contributed by atoms with Crippen LogP contribution in [0.2, 0.25) is 0 Å². The SMILES string of the molecule is Cc1n[nH]nc1-c1ccnc(-c2cn(CCc3ccc(C(C)(C)C)cc3)cn2)c1. The number of aryl methyl sites for hydroxylation is 3. The van der Waals surface area contributed by atoms with Crippen molar-refractivity contribution in [3.63, 3.8) is 0 Å². The average molecular weight is 387 g/mol. The van der Waals surface area contributed by atoms with E-state index in [1.807, 2.05) is 31.6 Å². The van der Waals surface area contributed by atoms with Gasteiger partial charge in [-0.3, -0.25) is 4.98 Å². The molecule has 4 aromatic rings. The summed E-state index contributed by atoms with van der Waals surface area (Å²) in [5.41, 5.74) is 7.25. The van der Waals surface area contributed by atoms with Gasteiger partial charge in [0.1, 0.15) is 11.4 Å². The lowest BCUT2D eigenvalue weighted by atomic mass is 9.86. The normalized spacial score (nSPS) is 11.7. The lowest BCUT2D eigenvalue weighted by Crippen LogP contribution is -2.10. The van der Waals surface area contributed by atoms with Crippen molar-refractivity contribution in [2.45, 2.75) is 46.1 Å². The van der Waals surface area contributed by atoms with Crippen molar-refractivity contribution in [2.75, 3.05) is 0 Å². The van der Waals surface area contributed by atoms with Crippen molar-refractivity contribution < 1.29 is 0 Å². The van der Waals surface area contributed by atoms with Crippen molar-refractivity contribution in [2.24, 2.45) is 0 Å². The van der Waals surface area contributed by atoms with Crippen LogP contribution in [-0.4, -0.2) is 29.9 Å². The molecule has 0 spiro atoms. The highest BCUT2D eigenvalue weighted by Gasteiger charge is 2.13. The summed E-state index contributed by atoms with van der Waals surface area (Å²) in [4.78, 5) is 9.03. The highest BCUT2D eigenvalue weighted by atomic mass is 15.3. The van der Waals surface area contributed by atoms with Crippen LogP contribution in [0, 0.1) is 6.92 Å². The van der Waals surface area contributed by atoms with Gasteiger partial charge in [-0.05, 0) is 42.0 Å². The lowest BCUT2D eigenvalue weighted by Gasteiger charge is -2.19. The number of imidazole rings is 1. The molecule has 6 heteroatoms. The summed E-state index contributed by atoms with van der Waals surface area (Å²) in [7, 11) is 0. The van der Waals surface area contributed by atoms with E-state index in [9.17, 15) is 0 Å². The summed E-state index contributed by atoms with van der Waals surface area (Å²) in [5.74, 6) is 0. The molecule has 1 aromatic carbocycles. The van der Waals surface area contributed by atoms with E-state index in [-0.39, 0.29) is 5.41 Å². The largest absolute Gasteiger partial charge is 0.336 e. The zero-order chi connectivity index (χ0) is 20.4. The summed E-state index contributed by atoms with van der Waals surface area (Å²) in [5, 5.41) is 11.0. The molecule has 0 atom stereocenters. The molecule has 0 bridgehead atoms. The maximum absolute atomic E-state index is 4.55. The minimum Gasteiger partial charge on any atom is -0.336 e. The first kappa shape index (κ1) is 19.1. The fourth-order valence-electron chi connectivity index (χ4n) is 3.32. The second-order valence-corrected chi connectivity index (χ2v) is 8.38. The molecule has 0 aliphatic carbocycles. The molecule has 29 heavy (non-hydrogen) atoms. The summed E-state index contributed by atoms with van der Waals surface area (Å²) in [6.45, 7) is 9.53. The molecule has 1 N–H and O–H groups in total. The van der Waals surface area contributed by atoms with Gasteiger partial charge >= 0.3 is 0 Å². The quantitative estimate of drug-likeness (QED) is 0.545. The third-order valence-corrected chi connectivity index (χ3v) is 5.13. The number of aromatic amines is 1. The molecule has 0 saturated carbocycles. The maximum Gasteiger partial charge on any atom is 0.115 e. The number of nitrogens with zero attached hydrogens (tertiary/aromatic N) is 5. The molecule has 0 aliphatic heterocycles. The van der Waals surface area contributed by atoms with Gasteiger partial charge in [-0.1, -0.05) is 45.0 Å². The van der Waals surface area contributed by atoms with Crippen molar-refractivity contribution >= 4 is 0 Å². The Hall–Kier alpha value is -3.28. The molecule has 3 aromatic heterocycles. The number of aromatic nitrogens is 6. The van der Waals surface area contributed by atoms with E-state index in [2.05, 4.69) is 75.0 Å². The number of benzene rings is 1. The van der Waals surface area contributed by atoms with Gasteiger partial charge in [-0.25, -0.2) is 4.98 Å². The first-order valence-electron chi connectivity index (χ1n) is 9.85. The molecule has 0 saturated heterocycles. The fourth-order valence-corrected chi connectivity index (χ4v) is 3.32. The molecule has 6 nitrogen and oxygen atoms in total. The first-order valence-corrected chi connectivity index (χ1v) is 9.85. The molecule has 0 amide bonds. The van der Waals surface area contributed by atoms with Crippen LogP contribution < -0.4 is 0 Å². The maximum atomic E-state index is 4.55. The van der Waals surface area contributed by atoms with E-state index in [0.29, 0.717) is 0 Å². The lowest BCUT2D eigenvalue weighted by molar-refractivity contribution is 0.589. The van der Waals surface area contributed by atoms with Crippen LogP contribution in [0.3, 0.4) is 0 Å². The van der Waals surface area contributed by atoms with Crippen LogP contribution in [0.4, 0.5) is 0 Å². The van der Waals surface area contributed by atoms with Crippen LogP contribution in [0.15, 0.2) is 55.1 Å². The number of hydrogen-bond donors (Lipinski definition) is 1. The van der Waals surface area contributed by atoms with Crippen LogP contribution in [0.25, 0.3) is 22.6 Å². The summed E-state index contributed by atoms with van der Waals surface area (Å²) >= 11 is 0.